The molecule has 0 radical (unpaired) electrons. The fraction of sp³-hybridized carbons (Fsp3) is 0.308. The summed E-state index contributed by atoms with van der Waals surface area (Å²) in [7, 11) is 0. The minimum Gasteiger partial charge on any atom is -0.490 e. The van der Waals surface area contributed by atoms with Crippen LogP contribution in [-0.2, 0) is 0 Å². The van der Waals surface area contributed by atoms with E-state index >= 15 is 0 Å². The van der Waals surface area contributed by atoms with Crippen LogP contribution in [0, 0.1) is 6.92 Å². The van der Waals surface area contributed by atoms with Gasteiger partial charge in [-0.15, -0.1) is 0 Å². The Kier molecular flexibility index (Phi) is 2.28. The Morgan fingerprint density at radius 1 is 1.35 bits per heavy atom. The average Bonchev–Trinajstić information content (AvgIpc) is 3.01. The van der Waals surface area contributed by atoms with Gasteiger partial charge in [0.1, 0.15) is 11.6 Å². The largest absolute Gasteiger partial charge is 0.490 e. The van der Waals surface area contributed by atoms with E-state index in [9.17, 15) is 0 Å². The Balaban J connectivity index is 2.02. The molecule has 1 aliphatic carbocycles. The molecule has 1 aromatic carbocycles. The highest BCUT2D eigenvalue weighted by atomic mass is 16.5. The van der Waals surface area contributed by atoms with Gasteiger partial charge in [0.05, 0.1) is 11.8 Å². The number of anilines is 1. The number of nitrogen functional groups attached to an aromatic ring is 1. The van der Waals surface area contributed by atoms with Crippen LogP contribution in [0.1, 0.15) is 18.4 Å². The van der Waals surface area contributed by atoms with Crippen molar-refractivity contribution in [2.75, 3.05) is 5.73 Å². The van der Waals surface area contributed by atoms with Gasteiger partial charge in [-0.2, -0.15) is 5.10 Å². The molecule has 4 heteroatoms. The lowest BCUT2D eigenvalue weighted by Gasteiger charge is -2.10. The molecule has 17 heavy (non-hydrogen) atoms. The quantitative estimate of drug-likeness (QED) is 0.850. The van der Waals surface area contributed by atoms with Gasteiger partial charge in [0.2, 0.25) is 0 Å². The number of aromatic nitrogens is 2. The molecule has 0 spiro atoms. The SMILES string of the molecule is Cc1ccc(OC2CC2)c(-c2cc(N)n[nH]2)c1. The smallest absolute Gasteiger partial charge is 0.145 e. The van der Waals surface area contributed by atoms with Crippen molar-refractivity contribution >= 4 is 5.82 Å². The van der Waals surface area contributed by atoms with Crippen molar-refractivity contribution < 1.29 is 4.74 Å². The van der Waals surface area contributed by atoms with Crippen LogP contribution in [0.5, 0.6) is 5.75 Å². The summed E-state index contributed by atoms with van der Waals surface area (Å²) in [5, 5.41) is 6.88. The number of nitrogens with zero attached hydrogens (tertiary/aromatic N) is 1. The fourth-order valence-electron chi connectivity index (χ4n) is 1.80. The monoisotopic (exact) mass is 229 g/mol. The molecule has 0 unspecified atom stereocenters. The molecule has 4 nitrogen and oxygen atoms in total. The summed E-state index contributed by atoms with van der Waals surface area (Å²) in [6, 6.07) is 7.99. The molecule has 0 aliphatic heterocycles. The Morgan fingerprint density at radius 3 is 2.82 bits per heavy atom. The van der Waals surface area contributed by atoms with Crippen LogP contribution in [0.4, 0.5) is 5.82 Å². The minimum absolute atomic E-state index is 0.386. The summed E-state index contributed by atoms with van der Waals surface area (Å²) in [6.45, 7) is 2.06. The molecule has 1 aliphatic rings. The molecular formula is C13H15N3O. The molecular weight excluding hydrogens is 214 g/mol. The van der Waals surface area contributed by atoms with Crippen LogP contribution in [0.15, 0.2) is 24.3 Å². The predicted molar refractivity (Wildman–Crippen MR) is 66.8 cm³/mol. The number of H-pyrrole nitrogens is 1. The van der Waals surface area contributed by atoms with Gasteiger partial charge in [0, 0.05) is 11.6 Å². The summed E-state index contributed by atoms with van der Waals surface area (Å²) < 4.78 is 5.89. The van der Waals surface area contributed by atoms with Gasteiger partial charge >= 0.3 is 0 Å². The van der Waals surface area contributed by atoms with Crippen molar-refractivity contribution in [2.45, 2.75) is 25.9 Å². The van der Waals surface area contributed by atoms with Crippen molar-refractivity contribution in [3.63, 3.8) is 0 Å². The van der Waals surface area contributed by atoms with Crippen LogP contribution in [-0.4, -0.2) is 16.3 Å². The number of hydrogen-bond donors (Lipinski definition) is 2. The Bertz CT molecular complexity index is 543. The maximum atomic E-state index is 5.89. The van der Waals surface area contributed by atoms with E-state index in [4.69, 9.17) is 10.5 Å². The minimum atomic E-state index is 0.386. The van der Waals surface area contributed by atoms with Crippen LogP contribution < -0.4 is 10.5 Å². The van der Waals surface area contributed by atoms with Crippen molar-refractivity contribution in [1.82, 2.24) is 10.2 Å². The second-order valence-corrected chi connectivity index (χ2v) is 4.52. The topological polar surface area (TPSA) is 63.9 Å². The van der Waals surface area contributed by atoms with Gasteiger partial charge in [-0.3, -0.25) is 5.10 Å². The zero-order chi connectivity index (χ0) is 11.8. The lowest BCUT2D eigenvalue weighted by Crippen LogP contribution is -1.98. The van der Waals surface area contributed by atoms with E-state index in [0.29, 0.717) is 11.9 Å². The first-order valence-electron chi connectivity index (χ1n) is 5.81. The zero-order valence-electron chi connectivity index (χ0n) is 9.73. The van der Waals surface area contributed by atoms with Gasteiger partial charge in [0.15, 0.2) is 0 Å². The van der Waals surface area contributed by atoms with Crippen LogP contribution in [0.25, 0.3) is 11.3 Å². The molecule has 1 fully saturated rings. The van der Waals surface area contributed by atoms with Crippen molar-refractivity contribution in [2.24, 2.45) is 0 Å². The highest BCUT2D eigenvalue weighted by Gasteiger charge is 2.25. The zero-order valence-corrected chi connectivity index (χ0v) is 9.73. The molecule has 3 rings (SSSR count). The second-order valence-electron chi connectivity index (χ2n) is 4.52. The first-order valence-corrected chi connectivity index (χ1v) is 5.81. The first-order chi connectivity index (χ1) is 8.22. The van der Waals surface area contributed by atoms with Gasteiger partial charge in [0.25, 0.3) is 0 Å². The highest BCUT2D eigenvalue weighted by Crippen LogP contribution is 2.35. The summed E-state index contributed by atoms with van der Waals surface area (Å²) in [5.74, 6) is 1.40. The molecule has 3 N–H and O–H groups in total. The van der Waals surface area contributed by atoms with Gasteiger partial charge in [-0.25, -0.2) is 0 Å². The van der Waals surface area contributed by atoms with E-state index in [1.807, 2.05) is 12.1 Å². The third kappa shape index (κ3) is 2.11. The van der Waals surface area contributed by atoms with E-state index in [1.165, 1.54) is 5.56 Å². The number of hydrogen-bond acceptors (Lipinski definition) is 3. The van der Waals surface area contributed by atoms with Crippen LogP contribution in [0.2, 0.25) is 0 Å². The molecule has 0 amide bonds. The van der Waals surface area contributed by atoms with Crippen LogP contribution in [0.3, 0.4) is 0 Å². The first kappa shape index (κ1) is 10.2. The average molecular weight is 229 g/mol. The van der Waals surface area contributed by atoms with E-state index in [2.05, 4.69) is 29.3 Å². The summed E-state index contributed by atoms with van der Waals surface area (Å²) >= 11 is 0. The van der Waals surface area contributed by atoms with E-state index in [-0.39, 0.29) is 0 Å². The molecule has 2 aromatic rings. The van der Waals surface area contributed by atoms with E-state index in [1.54, 1.807) is 0 Å². The number of rotatable bonds is 3. The maximum Gasteiger partial charge on any atom is 0.145 e. The number of benzene rings is 1. The molecule has 1 saturated carbocycles. The maximum absolute atomic E-state index is 5.89. The number of aromatic amines is 1. The number of nitrogens with one attached hydrogen (secondary N) is 1. The summed E-state index contributed by atoms with van der Waals surface area (Å²) in [6.07, 6.45) is 2.69. The van der Waals surface area contributed by atoms with E-state index in [0.717, 1.165) is 29.8 Å². The second kappa shape index (κ2) is 3.80. The third-order valence-corrected chi connectivity index (χ3v) is 2.84. The lowest BCUT2D eigenvalue weighted by atomic mass is 10.1. The van der Waals surface area contributed by atoms with Crippen molar-refractivity contribution in [3.8, 4) is 17.0 Å². The van der Waals surface area contributed by atoms with Crippen LogP contribution >= 0.6 is 0 Å². The summed E-state index contributed by atoms with van der Waals surface area (Å²) in [4.78, 5) is 0. The van der Waals surface area contributed by atoms with Gasteiger partial charge < -0.3 is 10.5 Å². The van der Waals surface area contributed by atoms with Crippen molar-refractivity contribution in [1.29, 1.82) is 0 Å². The molecule has 1 heterocycles. The Morgan fingerprint density at radius 2 is 2.18 bits per heavy atom. The summed E-state index contributed by atoms with van der Waals surface area (Å²) in [5.41, 5.74) is 8.76. The molecule has 0 bridgehead atoms. The van der Waals surface area contributed by atoms with Crippen molar-refractivity contribution in [3.05, 3.63) is 29.8 Å². The fourth-order valence-corrected chi connectivity index (χ4v) is 1.80. The standard InChI is InChI=1S/C13H15N3O/c1-8-2-5-12(17-9-3-4-9)10(6-8)11-7-13(14)16-15-11/h2,5-7,9H,3-4H2,1H3,(H3,14,15,16). The number of nitrogens with two attached hydrogens (primary N) is 1. The lowest BCUT2D eigenvalue weighted by molar-refractivity contribution is 0.304. The Hall–Kier alpha value is -1.97. The normalized spacial score (nSPS) is 14.9. The van der Waals surface area contributed by atoms with Gasteiger partial charge in [-0.1, -0.05) is 11.6 Å². The number of ether oxygens (including phenoxy) is 1. The third-order valence-electron chi connectivity index (χ3n) is 2.84. The molecule has 1 aromatic heterocycles. The van der Waals surface area contributed by atoms with Gasteiger partial charge in [-0.05, 0) is 31.9 Å². The molecule has 88 valence electrons. The predicted octanol–water partition coefficient (Wildman–Crippen LogP) is 2.51. The highest BCUT2D eigenvalue weighted by molar-refractivity contribution is 5.69. The number of aryl methyl sites for hydroxylation is 1. The molecule has 0 atom stereocenters. The Labute approximate surface area is 99.8 Å². The molecule has 0 saturated heterocycles. The van der Waals surface area contributed by atoms with E-state index < -0.39 is 0 Å².